The predicted octanol–water partition coefficient (Wildman–Crippen LogP) is 3.22. The van der Waals surface area contributed by atoms with Crippen LogP contribution in [0.4, 0.5) is 16.6 Å². The first-order valence-corrected chi connectivity index (χ1v) is 13.1. The summed E-state index contributed by atoms with van der Waals surface area (Å²) in [4.78, 5) is 38.2. The van der Waals surface area contributed by atoms with Crippen LogP contribution in [-0.4, -0.2) is 69.4 Å². The number of hydrogen-bond donors (Lipinski definition) is 3. The maximum Gasteiger partial charge on any atom is 0.404 e. The Kier molecular flexibility index (Phi) is 8.80. The molecule has 37 heavy (non-hydrogen) atoms. The van der Waals surface area contributed by atoms with Gasteiger partial charge in [-0.2, -0.15) is 4.98 Å². The Morgan fingerprint density at radius 3 is 2.57 bits per heavy atom. The third-order valence-electron chi connectivity index (χ3n) is 6.07. The summed E-state index contributed by atoms with van der Waals surface area (Å²) in [5, 5.41) is 12.7. The summed E-state index contributed by atoms with van der Waals surface area (Å²) in [6.45, 7) is 3.15. The van der Waals surface area contributed by atoms with Crippen LogP contribution in [0.2, 0.25) is 10.0 Å². The first-order chi connectivity index (χ1) is 17.7. The van der Waals surface area contributed by atoms with E-state index in [0.717, 1.165) is 17.3 Å². The molecule has 0 saturated carbocycles. The lowest BCUT2D eigenvalue weighted by molar-refractivity contribution is 0.178. The van der Waals surface area contributed by atoms with E-state index in [-0.39, 0.29) is 22.3 Å². The minimum Gasteiger partial charge on any atom is -0.465 e. The Balaban J connectivity index is 1.43. The highest BCUT2D eigenvalue weighted by Gasteiger charge is 2.25. The Hall–Kier alpha value is -2.99. The number of nitrogens with one attached hydrogen (secondary N) is 1. The van der Waals surface area contributed by atoms with Crippen LogP contribution in [0.25, 0.3) is 0 Å². The Labute approximate surface area is 228 Å². The summed E-state index contributed by atoms with van der Waals surface area (Å²) in [5.41, 5.74) is 6.96. The molecule has 196 valence electrons. The van der Waals surface area contributed by atoms with Crippen LogP contribution in [0.3, 0.4) is 0 Å². The lowest BCUT2D eigenvalue weighted by Crippen LogP contribution is -2.52. The van der Waals surface area contributed by atoms with Gasteiger partial charge in [0, 0.05) is 63.1 Å². The molecule has 1 atom stereocenters. The van der Waals surface area contributed by atoms with Crippen LogP contribution in [0.5, 0.6) is 0 Å². The largest absolute Gasteiger partial charge is 0.465 e. The number of carboxylic acid groups (broad SMARTS) is 1. The molecule has 1 aliphatic rings. The van der Waals surface area contributed by atoms with Crippen LogP contribution >= 0.6 is 35.0 Å². The minimum atomic E-state index is -1.05. The first-order valence-electron chi connectivity index (χ1n) is 11.6. The summed E-state index contributed by atoms with van der Waals surface area (Å²) in [6.07, 6.45) is 2.91. The zero-order valence-electron chi connectivity index (χ0n) is 20.1. The molecule has 13 heteroatoms. The zero-order chi connectivity index (χ0) is 26.5. The topological polar surface area (TPSA) is 130 Å². The summed E-state index contributed by atoms with van der Waals surface area (Å²) in [5.74, 6) is 0.616. The predicted molar refractivity (Wildman–Crippen MR) is 146 cm³/mol. The third-order valence-corrected chi connectivity index (χ3v) is 8.15. The molecule has 1 fully saturated rings. The number of nitrogens with zero attached hydrogens (tertiary/aromatic N) is 5. The van der Waals surface area contributed by atoms with E-state index in [2.05, 4.69) is 20.2 Å². The molecule has 10 nitrogen and oxygen atoms in total. The van der Waals surface area contributed by atoms with Gasteiger partial charge in [0.2, 0.25) is 5.95 Å². The van der Waals surface area contributed by atoms with Crippen molar-refractivity contribution in [3.63, 3.8) is 0 Å². The lowest BCUT2D eigenvalue weighted by Gasteiger charge is -2.37. The molecule has 4 rings (SSSR count). The van der Waals surface area contributed by atoms with Crippen molar-refractivity contribution >= 4 is 52.8 Å². The van der Waals surface area contributed by atoms with Gasteiger partial charge in [-0.3, -0.25) is 19.2 Å². The van der Waals surface area contributed by atoms with Crippen molar-refractivity contribution in [2.75, 3.05) is 43.4 Å². The first kappa shape index (κ1) is 27.1. The number of halogens is 2. The van der Waals surface area contributed by atoms with Crippen LogP contribution < -0.4 is 21.5 Å². The van der Waals surface area contributed by atoms with E-state index in [1.807, 2.05) is 17.0 Å². The zero-order valence-corrected chi connectivity index (χ0v) is 22.4. The smallest absolute Gasteiger partial charge is 0.404 e. The van der Waals surface area contributed by atoms with Crippen molar-refractivity contribution in [3.05, 3.63) is 68.7 Å². The number of hydrogen-bond acceptors (Lipinski definition) is 8. The Morgan fingerprint density at radius 1 is 1.19 bits per heavy atom. The molecule has 3 heterocycles. The fourth-order valence-corrected chi connectivity index (χ4v) is 5.63. The molecule has 2 aromatic heterocycles. The van der Waals surface area contributed by atoms with Crippen molar-refractivity contribution in [2.45, 2.75) is 22.3 Å². The van der Waals surface area contributed by atoms with Gasteiger partial charge in [0.25, 0.3) is 5.56 Å². The van der Waals surface area contributed by atoms with Gasteiger partial charge in [-0.15, -0.1) is 0 Å². The van der Waals surface area contributed by atoms with Crippen molar-refractivity contribution in [2.24, 2.45) is 7.05 Å². The van der Waals surface area contributed by atoms with Gasteiger partial charge in [0.1, 0.15) is 10.7 Å². The number of piperazine rings is 1. The quantitative estimate of drug-likeness (QED) is 0.378. The number of carbonyl (C=O) groups is 1. The van der Waals surface area contributed by atoms with Crippen LogP contribution in [0.1, 0.15) is 5.56 Å². The van der Waals surface area contributed by atoms with Crippen molar-refractivity contribution in [1.82, 2.24) is 24.8 Å². The molecular formula is C24H27Cl2N7O3S. The Morgan fingerprint density at radius 2 is 1.89 bits per heavy atom. The highest BCUT2D eigenvalue weighted by Crippen LogP contribution is 2.37. The van der Waals surface area contributed by atoms with Gasteiger partial charge < -0.3 is 21.1 Å². The van der Waals surface area contributed by atoms with E-state index in [1.54, 1.807) is 37.6 Å². The molecule has 0 spiro atoms. The molecule has 0 radical (unpaired) electrons. The van der Waals surface area contributed by atoms with Crippen molar-refractivity contribution in [3.8, 4) is 0 Å². The van der Waals surface area contributed by atoms with Gasteiger partial charge in [0.15, 0.2) is 0 Å². The number of pyridine rings is 1. The third kappa shape index (κ3) is 6.67. The number of nitrogens with two attached hydrogens (primary N) is 1. The highest BCUT2D eigenvalue weighted by atomic mass is 35.5. The fraction of sp³-hybridized carbons (Fsp3) is 0.333. The molecule has 1 saturated heterocycles. The Bertz CT molecular complexity index is 1320. The van der Waals surface area contributed by atoms with Crippen LogP contribution in [-0.2, 0) is 13.5 Å². The maximum atomic E-state index is 13.2. The van der Waals surface area contributed by atoms with E-state index in [0.29, 0.717) is 60.0 Å². The van der Waals surface area contributed by atoms with Gasteiger partial charge >= 0.3 is 6.09 Å². The second-order valence-corrected chi connectivity index (χ2v) is 10.5. The number of aromatic nitrogens is 3. The minimum absolute atomic E-state index is 0.129. The number of anilines is 2. The number of nitrogen functional groups attached to an aromatic ring is 1. The van der Waals surface area contributed by atoms with E-state index in [1.165, 1.54) is 4.57 Å². The maximum absolute atomic E-state index is 13.2. The normalized spacial score (nSPS) is 14.9. The number of amides is 1. The number of benzene rings is 1. The van der Waals surface area contributed by atoms with Gasteiger partial charge in [0.05, 0.1) is 10.0 Å². The highest BCUT2D eigenvalue weighted by molar-refractivity contribution is 7.99. The molecular weight excluding hydrogens is 537 g/mol. The van der Waals surface area contributed by atoms with Crippen molar-refractivity contribution in [1.29, 1.82) is 0 Å². The second-order valence-electron chi connectivity index (χ2n) is 8.64. The molecule has 1 aliphatic heterocycles. The molecule has 1 unspecified atom stereocenters. The average molecular weight is 564 g/mol. The molecule has 1 amide bonds. The molecule has 0 aliphatic carbocycles. The van der Waals surface area contributed by atoms with Crippen molar-refractivity contribution < 1.29 is 9.90 Å². The molecule has 0 bridgehead atoms. The van der Waals surface area contributed by atoms with Crippen LogP contribution in [0, 0.1) is 0 Å². The summed E-state index contributed by atoms with van der Waals surface area (Å²) < 4.78 is 1.49. The SMILES string of the molecule is Cn1c(N2CCN(CC(Cc3ccncc3)NC(=O)O)CC2)nc(N)c(Sc2cccc(Cl)c2Cl)c1=O. The monoisotopic (exact) mass is 563 g/mol. The van der Waals surface area contributed by atoms with E-state index < -0.39 is 6.09 Å². The molecule has 3 aromatic rings. The average Bonchev–Trinajstić information content (AvgIpc) is 2.87. The molecule has 4 N–H and O–H groups in total. The summed E-state index contributed by atoms with van der Waals surface area (Å²) >= 11 is 13.5. The second kappa shape index (κ2) is 12.0. The van der Waals surface area contributed by atoms with Gasteiger partial charge in [-0.25, -0.2) is 4.79 Å². The van der Waals surface area contributed by atoms with E-state index in [9.17, 15) is 14.7 Å². The number of rotatable bonds is 8. The molecule has 1 aromatic carbocycles. The van der Waals surface area contributed by atoms with E-state index >= 15 is 0 Å². The van der Waals surface area contributed by atoms with Crippen LogP contribution in [0.15, 0.2) is 57.3 Å². The lowest BCUT2D eigenvalue weighted by atomic mass is 10.1. The van der Waals surface area contributed by atoms with Gasteiger partial charge in [-0.1, -0.05) is 41.0 Å². The van der Waals surface area contributed by atoms with E-state index in [4.69, 9.17) is 28.9 Å². The standard InChI is InChI=1S/C24H27Cl2N7O3S/c1-31-22(34)20(37-18-4-2-3-17(25)19(18)26)21(27)30-23(31)33-11-9-32(10-12-33)14-16(29-24(35)36)13-15-5-7-28-8-6-15/h2-8,16,29H,9-14,27H2,1H3,(H,35,36). The summed E-state index contributed by atoms with van der Waals surface area (Å²) in [7, 11) is 1.67. The fourth-order valence-electron chi connectivity index (χ4n) is 4.22. The summed E-state index contributed by atoms with van der Waals surface area (Å²) in [6, 6.07) is 8.70. The van der Waals surface area contributed by atoms with Gasteiger partial charge in [-0.05, 0) is 36.2 Å².